The van der Waals surface area contributed by atoms with E-state index in [0.717, 1.165) is 13.2 Å². The third-order valence-electron chi connectivity index (χ3n) is 2.87. The number of hydrogen-bond donors (Lipinski definition) is 1. The molecule has 0 bridgehead atoms. The van der Waals surface area contributed by atoms with Crippen LogP contribution in [-0.4, -0.2) is 20.3 Å². The number of benzene rings is 1. The van der Waals surface area contributed by atoms with Crippen molar-refractivity contribution in [3.05, 3.63) is 34.4 Å². The molecule has 0 spiro atoms. The monoisotopic (exact) mass is 221 g/mol. The number of likely N-dealkylation sites (N-methyl/N-ethyl adjacent to an activating group) is 1. The van der Waals surface area contributed by atoms with E-state index in [4.69, 9.17) is 4.74 Å². The van der Waals surface area contributed by atoms with Crippen molar-refractivity contribution in [2.75, 3.05) is 20.3 Å². The lowest BCUT2D eigenvalue weighted by Gasteiger charge is -2.22. The highest BCUT2D eigenvalue weighted by atomic mass is 16.5. The topological polar surface area (TPSA) is 21.3 Å². The Bertz CT molecular complexity index is 318. The summed E-state index contributed by atoms with van der Waals surface area (Å²) in [7, 11) is 1.75. The summed E-state index contributed by atoms with van der Waals surface area (Å²) in [6.45, 7) is 10.3. The zero-order valence-corrected chi connectivity index (χ0v) is 11.1. The van der Waals surface area contributed by atoms with E-state index in [1.807, 2.05) is 0 Å². The Hall–Kier alpha value is -0.860. The van der Waals surface area contributed by atoms with Gasteiger partial charge in [-0.3, -0.25) is 0 Å². The van der Waals surface area contributed by atoms with Gasteiger partial charge in [0.2, 0.25) is 0 Å². The van der Waals surface area contributed by atoms with E-state index in [1.165, 1.54) is 22.3 Å². The molecule has 1 rings (SSSR count). The second-order valence-corrected chi connectivity index (χ2v) is 4.38. The fourth-order valence-electron chi connectivity index (χ4n) is 2.40. The molecule has 1 aromatic carbocycles. The summed E-state index contributed by atoms with van der Waals surface area (Å²) in [6.07, 6.45) is 0. The number of rotatable bonds is 5. The number of aryl methyl sites for hydroxylation is 3. The van der Waals surface area contributed by atoms with Crippen LogP contribution in [0.25, 0.3) is 0 Å². The molecule has 0 heterocycles. The molecule has 1 unspecified atom stereocenters. The highest BCUT2D eigenvalue weighted by Gasteiger charge is 2.15. The average molecular weight is 221 g/mol. The van der Waals surface area contributed by atoms with Crippen molar-refractivity contribution in [3.63, 3.8) is 0 Å². The van der Waals surface area contributed by atoms with Gasteiger partial charge in [-0.05, 0) is 44.0 Å². The maximum absolute atomic E-state index is 5.29. The average Bonchev–Trinajstić information content (AvgIpc) is 2.16. The van der Waals surface area contributed by atoms with Crippen LogP contribution in [0, 0.1) is 20.8 Å². The number of nitrogens with one attached hydrogen (secondary N) is 1. The smallest absolute Gasteiger partial charge is 0.0657 e. The molecule has 1 aromatic rings. The molecule has 0 aliphatic carbocycles. The molecule has 0 amide bonds. The molecule has 1 atom stereocenters. The van der Waals surface area contributed by atoms with Crippen LogP contribution in [0.3, 0.4) is 0 Å². The molecule has 0 saturated carbocycles. The predicted octanol–water partition coefficient (Wildman–Crippen LogP) is 2.91. The summed E-state index contributed by atoms with van der Waals surface area (Å²) in [6, 6.07) is 4.78. The van der Waals surface area contributed by atoms with Crippen LogP contribution in [0.2, 0.25) is 0 Å². The fourth-order valence-corrected chi connectivity index (χ4v) is 2.40. The highest BCUT2D eigenvalue weighted by Crippen LogP contribution is 2.23. The highest BCUT2D eigenvalue weighted by molar-refractivity contribution is 5.39. The molecule has 0 fully saturated rings. The normalized spacial score (nSPS) is 12.8. The van der Waals surface area contributed by atoms with E-state index in [9.17, 15) is 0 Å². The molecule has 2 heteroatoms. The van der Waals surface area contributed by atoms with Crippen LogP contribution in [0.5, 0.6) is 0 Å². The zero-order chi connectivity index (χ0) is 12.1. The lowest BCUT2D eigenvalue weighted by molar-refractivity contribution is 0.167. The van der Waals surface area contributed by atoms with E-state index in [-0.39, 0.29) is 0 Å². The Kier molecular flexibility index (Phi) is 4.97. The molecule has 90 valence electrons. The summed E-state index contributed by atoms with van der Waals surface area (Å²) in [5.41, 5.74) is 5.40. The van der Waals surface area contributed by atoms with Crippen molar-refractivity contribution in [1.82, 2.24) is 5.32 Å². The Morgan fingerprint density at radius 1 is 1.19 bits per heavy atom. The van der Waals surface area contributed by atoms with Gasteiger partial charge in [-0.25, -0.2) is 0 Å². The third kappa shape index (κ3) is 3.06. The minimum atomic E-state index is 0.301. The first-order chi connectivity index (χ1) is 7.60. The predicted molar refractivity (Wildman–Crippen MR) is 68.9 cm³/mol. The van der Waals surface area contributed by atoms with Crippen LogP contribution in [0.4, 0.5) is 0 Å². The van der Waals surface area contributed by atoms with Crippen LogP contribution >= 0.6 is 0 Å². The standard InChI is InChI=1S/C14H23NO/c1-6-15-13(9-16-5)14-11(3)7-10(2)8-12(14)4/h7-8,13,15H,6,9H2,1-5H3. The Labute approximate surface area is 99.0 Å². The van der Waals surface area contributed by atoms with Crippen molar-refractivity contribution >= 4 is 0 Å². The fraction of sp³-hybridized carbons (Fsp3) is 0.571. The summed E-state index contributed by atoms with van der Waals surface area (Å²) in [4.78, 5) is 0. The minimum absolute atomic E-state index is 0.301. The number of methoxy groups -OCH3 is 1. The van der Waals surface area contributed by atoms with Crippen molar-refractivity contribution in [1.29, 1.82) is 0 Å². The van der Waals surface area contributed by atoms with Crippen LogP contribution < -0.4 is 5.32 Å². The molecule has 0 aromatic heterocycles. The lowest BCUT2D eigenvalue weighted by Crippen LogP contribution is -2.26. The van der Waals surface area contributed by atoms with E-state index < -0.39 is 0 Å². The quantitative estimate of drug-likeness (QED) is 0.825. The van der Waals surface area contributed by atoms with Gasteiger partial charge in [-0.2, -0.15) is 0 Å². The van der Waals surface area contributed by atoms with Crippen LogP contribution in [-0.2, 0) is 4.74 Å². The molecular formula is C14H23NO. The van der Waals surface area contributed by atoms with Gasteiger partial charge in [0.25, 0.3) is 0 Å². The third-order valence-corrected chi connectivity index (χ3v) is 2.87. The summed E-state index contributed by atoms with van der Waals surface area (Å²) >= 11 is 0. The first kappa shape index (κ1) is 13.2. The van der Waals surface area contributed by atoms with E-state index in [2.05, 4.69) is 45.1 Å². The van der Waals surface area contributed by atoms with Gasteiger partial charge in [0.1, 0.15) is 0 Å². The molecule has 2 nitrogen and oxygen atoms in total. The van der Waals surface area contributed by atoms with Gasteiger partial charge in [0, 0.05) is 7.11 Å². The summed E-state index contributed by atoms with van der Waals surface area (Å²) < 4.78 is 5.29. The van der Waals surface area contributed by atoms with Gasteiger partial charge in [0.15, 0.2) is 0 Å². The first-order valence-corrected chi connectivity index (χ1v) is 5.90. The van der Waals surface area contributed by atoms with Gasteiger partial charge in [-0.15, -0.1) is 0 Å². The van der Waals surface area contributed by atoms with Crippen LogP contribution in [0.15, 0.2) is 12.1 Å². The number of ether oxygens (including phenoxy) is 1. The second-order valence-electron chi connectivity index (χ2n) is 4.38. The van der Waals surface area contributed by atoms with E-state index in [0.29, 0.717) is 6.04 Å². The van der Waals surface area contributed by atoms with Crippen molar-refractivity contribution < 1.29 is 4.74 Å². The molecule has 0 aliphatic rings. The van der Waals surface area contributed by atoms with Gasteiger partial charge >= 0.3 is 0 Å². The SMILES string of the molecule is CCNC(COC)c1c(C)cc(C)cc1C. The van der Waals surface area contributed by atoms with Gasteiger partial charge in [-0.1, -0.05) is 24.6 Å². The van der Waals surface area contributed by atoms with Gasteiger partial charge < -0.3 is 10.1 Å². The summed E-state index contributed by atoms with van der Waals surface area (Å²) in [5, 5.41) is 3.48. The molecule has 0 radical (unpaired) electrons. The Morgan fingerprint density at radius 3 is 2.19 bits per heavy atom. The Morgan fingerprint density at radius 2 is 1.75 bits per heavy atom. The largest absolute Gasteiger partial charge is 0.383 e. The van der Waals surface area contributed by atoms with E-state index >= 15 is 0 Å². The van der Waals surface area contributed by atoms with Crippen molar-refractivity contribution in [2.45, 2.75) is 33.7 Å². The minimum Gasteiger partial charge on any atom is -0.383 e. The molecule has 16 heavy (non-hydrogen) atoms. The molecule has 0 saturated heterocycles. The molecular weight excluding hydrogens is 198 g/mol. The second kappa shape index (κ2) is 6.02. The number of hydrogen-bond acceptors (Lipinski definition) is 2. The molecule has 1 N–H and O–H groups in total. The van der Waals surface area contributed by atoms with Crippen LogP contribution in [0.1, 0.15) is 35.2 Å². The first-order valence-electron chi connectivity index (χ1n) is 5.90. The van der Waals surface area contributed by atoms with E-state index in [1.54, 1.807) is 7.11 Å². The lowest BCUT2D eigenvalue weighted by atomic mass is 9.94. The summed E-state index contributed by atoms with van der Waals surface area (Å²) in [5.74, 6) is 0. The Balaban J connectivity index is 3.07. The van der Waals surface area contributed by atoms with Crippen molar-refractivity contribution in [2.24, 2.45) is 0 Å². The zero-order valence-electron chi connectivity index (χ0n) is 11.1. The molecule has 0 aliphatic heterocycles. The maximum Gasteiger partial charge on any atom is 0.0657 e. The van der Waals surface area contributed by atoms with Gasteiger partial charge in [0.05, 0.1) is 12.6 Å². The maximum atomic E-state index is 5.29. The van der Waals surface area contributed by atoms with Crippen molar-refractivity contribution in [3.8, 4) is 0 Å².